The van der Waals surface area contributed by atoms with Gasteiger partial charge in [0.25, 0.3) is 0 Å². The summed E-state index contributed by atoms with van der Waals surface area (Å²) in [6.07, 6.45) is -0.753. The number of anilines is 1. The van der Waals surface area contributed by atoms with Gasteiger partial charge in [0.05, 0.1) is 12.2 Å². The van der Waals surface area contributed by atoms with Gasteiger partial charge in [-0.05, 0) is 31.2 Å². The molecule has 0 amide bonds. The average Bonchev–Trinajstić information content (AvgIpc) is 2.60. The Bertz CT molecular complexity index is 645. The van der Waals surface area contributed by atoms with Crippen LogP contribution in [0.1, 0.15) is 17.3 Å². The Morgan fingerprint density at radius 1 is 1.12 bits per heavy atom. The summed E-state index contributed by atoms with van der Waals surface area (Å²) in [7, 11) is 0. The van der Waals surface area contributed by atoms with Gasteiger partial charge in [0.2, 0.25) is 0 Å². The van der Waals surface area contributed by atoms with Crippen LogP contribution in [0.2, 0.25) is 0 Å². The van der Waals surface area contributed by atoms with Crippen LogP contribution in [0, 0.1) is 0 Å². The van der Waals surface area contributed by atoms with Gasteiger partial charge in [-0.15, -0.1) is 0 Å². The lowest BCUT2D eigenvalue weighted by Gasteiger charge is -2.26. The molecule has 0 radical (unpaired) electrons. The van der Waals surface area contributed by atoms with Crippen molar-refractivity contribution < 1.29 is 19.7 Å². The standard InChI is InChI=1S/C19H23NO4/c1-15(22)18-9-5-6-10-19(18)24-14-17(23)13-20(11-12-21)16-7-3-2-4-8-16/h2-10,17,21,23H,11-14H2,1H3. The minimum atomic E-state index is -0.753. The van der Waals surface area contributed by atoms with Crippen molar-refractivity contribution in [3.05, 3.63) is 60.2 Å². The fraction of sp³-hybridized carbons (Fsp3) is 0.316. The number of para-hydroxylation sites is 2. The van der Waals surface area contributed by atoms with Gasteiger partial charge in [-0.1, -0.05) is 30.3 Å². The van der Waals surface area contributed by atoms with E-state index in [1.54, 1.807) is 24.3 Å². The van der Waals surface area contributed by atoms with Gasteiger partial charge >= 0.3 is 0 Å². The molecular weight excluding hydrogens is 306 g/mol. The molecule has 0 aromatic heterocycles. The average molecular weight is 329 g/mol. The third-order valence-electron chi connectivity index (χ3n) is 3.62. The summed E-state index contributed by atoms with van der Waals surface area (Å²) in [5.74, 6) is 0.392. The van der Waals surface area contributed by atoms with Crippen LogP contribution in [0.3, 0.4) is 0 Å². The highest BCUT2D eigenvalue weighted by Crippen LogP contribution is 2.19. The van der Waals surface area contributed by atoms with Crippen molar-refractivity contribution in [1.82, 2.24) is 0 Å². The van der Waals surface area contributed by atoms with Gasteiger partial charge in [0, 0.05) is 18.8 Å². The van der Waals surface area contributed by atoms with E-state index in [1.165, 1.54) is 6.92 Å². The molecule has 0 fully saturated rings. The number of carbonyl (C=O) groups excluding carboxylic acids is 1. The SMILES string of the molecule is CC(=O)c1ccccc1OCC(O)CN(CCO)c1ccccc1. The number of aliphatic hydroxyl groups is 2. The molecule has 0 aliphatic rings. The van der Waals surface area contributed by atoms with Gasteiger partial charge < -0.3 is 19.8 Å². The number of nitrogens with zero attached hydrogens (tertiary/aromatic N) is 1. The van der Waals surface area contributed by atoms with Crippen molar-refractivity contribution in [2.24, 2.45) is 0 Å². The first-order chi connectivity index (χ1) is 11.6. The molecule has 2 aromatic carbocycles. The zero-order valence-corrected chi connectivity index (χ0v) is 13.8. The monoisotopic (exact) mass is 329 g/mol. The van der Waals surface area contributed by atoms with Gasteiger partial charge in [-0.25, -0.2) is 0 Å². The third-order valence-corrected chi connectivity index (χ3v) is 3.62. The van der Waals surface area contributed by atoms with E-state index in [4.69, 9.17) is 4.74 Å². The largest absolute Gasteiger partial charge is 0.490 e. The molecule has 24 heavy (non-hydrogen) atoms. The number of rotatable bonds is 9. The second-order valence-corrected chi connectivity index (χ2v) is 5.52. The van der Waals surface area contributed by atoms with Crippen LogP contribution in [0.25, 0.3) is 0 Å². The Morgan fingerprint density at radius 2 is 1.79 bits per heavy atom. The van der Waals surface area contributed by atoms with Crippen molar-refractivity contribution in [3.63, 3.8) is 0 Å². The smallest absolute Gasteiger partial charge is 0.163 e. The quantitative estimate of drug-likeness (QED) is 0.690. The molecule has 0 aliphatic heterocycles. The number of hydrogen-bond acceptors (Lipinski definition) is 5. The number of hydrogen-bond donors (Lipinski definition) is 2. The van der Waals surface area contributed by atoms with E-state index < -0.39 is 6.10 Å². The predicted octanol–water partition coefficient (Wildman–Crippen LogP) is 2.13. The first-order valence-electron chi connectivity index (χ1n) is 7.93. The topological polar surface area (TPSA) is 70.0 Å². The molecule has 1 atom stereocenters. The van der Waals surface area contributed by atoms with Gasteiger partial charge in [0.15, 0.2) is 5.78 Å². The minimum Gasteiger partial charge on any atom is -0.490 e. The summed E-state index contributed by atoms with van der Waals surface area (Å²) in [6.45, 7) is 2.30. The number of aliphatic hydroxyl groups excluding tert-OH is 2. The van der Waals surface area contributed by atoms with Gasteiger partial charge in [-0.3, -0.25) is 4.79 Å². The van der Waals surface area contributed by atoms with E-state index in [1.807, 2.05) is 35.2 Å². The molecular formula is C19H23NO4. The summed E-state index contributed by atoms with van der Waals surface area (Å²) in [5.41, 5.74) is 1.43. The maximum absolute atomic E-state index is 11.6. The van der Waals surface area contributed by atoms with Crippen molar-refractivity contribution in [3.8, 4) is 5.75 Å². The third kappa shape index (κ3) is 5.08. The lowest BCUT2D eigenvalue weighted by atomic mass is 10.1. The van der Waals surface area contributed by atoms with E-state index in [0.717, 1.165) is 5.69 Å². The fourth-order valence-corrected chi connectivity index (χ4v) is 2.46. The lowest BCUT2D eigenvalue weighted by molar-refractivity contribution is 0.0984. The summed E-state index contributed by atoms with van der Waals surface area (Å²) >= 11 is 0. The van der Waals surface area contributed by atoms with Crippen molar-refractivity contribution in [1.29, 1.82) is 0 Å². The van der Waals surface area contributed by atoms with Crippen LogP contribution in [0.5, 0.6) is 5.75 Å². The van der Waals surface area contributed by atoms with Crippen LogP contribution in [0.15, 0.2) is 54.6 Å². The summed E-state index contributed by atoms with van der Waals surface area (Å²) < 4.78 is 5.62. The Hall–Kier alpha value is -2.37. The molecule has 2 rings (SSSR count). The fourth-order valence-electron chi connectivity index (χ4n) is 2.46. The van der Waals surface area contributed by atoms with E-state index in [2.05, 4.69) is 0 Å². The Balaban J connectivity index is 1.97. The molecule has 1 unspecified atom stereocenters. The number of carbonyl (C=O) groups is 1. The molecule has 0 saturated carbocycles. The second kappa shape index (κ2) is 9.05. The summed E-state index contributed by atoms with van der Waals surface area (Å²) in [5, 5.41) is 19.5. The highest BCUT2D eigenvalue weighted by Gasteiger charge is 2.14. The zero-order chi connectivity index (χ0) is 17.4. The number of benzene rings is 2. The molecule has 0 spiro atoms. The lowest BCUT2D eigenvalue weighted by Crippen LogP contribution is -2.37. The maximum Gasteiger partial charge on any atom is 0.163 e. The second-order valence-electron chi connectivity index (χ2n) is 5.52. The van der Waals surface area contributed by atoms with Gasteiger partial charge in [-0.2, -0.15) is 0 Å². The van der Waals surface area contributed by atoms with E-state index in [-0.39, 0.29) is 19.0 Å². The predicted molar refractivity (Wildman–Crippen MR) is 93.7 cm³/mol. The molecule has 0 heterocycles. The Kier molecular flexibility index (Phi) is 6.78. The number of ketones is 1. The zero-order valence-electron chi connectivity index (χ0n) is 13.8. The van der Waals surface area contributed by atoms with Crippen molar-refractivity contribution >= 4 is 11.5 Å². The van der Waals surface area contributed by atoms with Crippen LogP contribution in [-0.2, 0) is 0 Å². The Labute approximate surface area is 142 Å². The van der Waals surface area contributed by atoms with E-state index in [0.29, 0.717) is 24.4 Å². The van der Waals surface area contributed by atoms with Crippen LogP contribution in [0.4, 0.5) is 5.69 Å². The highest BCUT2D eigenvalue weighted by atomic mass is 16.5. The van der Waals surface area contributed by atoms with Crippen LogP contribution >= 0.6 is 0 Å². The number of ether oxygens (including phenoxy) is 1. The molecule has 5 heteroatoms. The first-order valence-corrected chi connectivity index (χ1v) is 7.93. The normalized spacial score (nSPS) is 11.8. The molecule has 0 bridgehead atoms. The first kappa shape index (κ1) is 18.0. The molecule has 5 nitrogen and oxygen atoms in total. The van der Waals surface area contributed by atoms with E-state index >= 15 is 0 Å². The van der Waals surface area contributed by atoms with E-state index in [9.17, 15) is 15.0 Å². The molecule has 2 aromatic rings. The van der Waals surface area contributed by atoms with Gasteiger partial charge in [0.1, 0.15) is 18.5 Å². The summed E-state index contributed by atoms with van der Waals surface area (Å²) in [4.78, 5) is 13.5. The summed E-state index contributed by atoms with van der Waals surface area (Å²) in [6, 6.07) is 16.6. The molecule has 128 valence electrons. The maximum atomic E-state index is 11.6. The van der Waals surface area contributed by atoms with Crippen LogP contribution < -0.4 is 9.64 Å². The molecule has 0 saturated heterocycles. The molecule has 0 aliphatic carbocycles. The Morgan fingerprint density at radius 3 is 2.46 bits per heavy atom. The molecule has 2 N–H and O–H groups in total. The highest BCUT2D eigenvalue weighted by molar-refractivity contribution is 5.96. The van der Waals surface area contributed by atoms with Crippen molar-refractivity contribution in [2.45, 2.75) is 13.0 Å². The minimum absolute atomic E-state index is 0.00432. The van der Waals surface area contributed by atoms with Crippen molar-refractivity contribution in [2.75, 3.05) is 31.2 Å². The van der Waals surface area contributed by atoms with Crippen LogP contribution in [-0.4, -0.2) is 48.4 Å². The number of Topliss-reactive ketones (excluding diaryl/α,β-unsaturated/α-hetero) is 1.